The largest absolute Gasteiger partial charge is 0.396 e. The predicted molar refractivity (Wildman–Crippen MR) is 70.7 cm³/mol. The highest BCUT2D eigenvalue weighted by Crippen LogP contribution is 2.14. The van der Waals surface area contributed by atoms with Crippen LogP contribution in [0.1, 0.15) is 27.9 Å². The van der Waals surface area contributed by atoms with Crippen molar-refractivity contribution in [3.63, 3.8) is 0 Å². The average Bonchev–Trinajstić information content (AvgIpc) is 2.73. The van der Waals surface area contributed by atoms with Crippen molar-refractivity contribution in [3.05, 3.63) is 21.9 Å². The van der Waals surface area contributed by atoms with Gasteiger partial charge < -0.3 is 15.7 Å². The summed E-state index contributed by atoms with van der Waals surface area (Å²) in [5, 5.41) is 13.9. The lowest BCUT2D eigenvalue weighted by Crippen LogP contribution is -2.41. The Morgan fingerprint density at radius 2 is 2.17 bits per heavy atom. The molecule has 0 spiro atoms. The lowest BCUT2D eigenvalue weighted by Gasteiger charge is -2.12. The molecule has 6 heteroatoms. The molecular formula is C12H18N2O3S. The van der Waals surface area contributed by atoms with E-state index in [1.165, 1.54) is 11.3 Å². The molecular weight excluding hydrogens is 252 g/mol. The fraction of sp³-hybridized carbons (Fsp3) is 0.500. The minimum Gasteiger partial charge on any atom is -0.396 e. The molecule has 1 heterocycles. The van der Waals surface area contributed by atoms with Gasteiger partial charge in [0.25, 0.3) is 5.91 Å². The summed E-state index contributed by atoms with van der Waals surface area (Å²) in [6.07, 6.45) is 0.504. The number of hydrogen-bond donors (Lipinski definition) is 3. The van der Waals surface area contributed by atoms with Gasteiger partial charge in [0.15, 0.2) is 0 Å². The Labute approximate surface area is 110 Å². The van der Waals surface area contributed by atoms with E-state index in [9.17, 15) is 9.59 Å². The molecule has 5 nitrogen and oxygen atoms in total. The van der Waals surface area contributed by atoms with Crippen LogP contribution in [0.5, 0.6) is 0 Å². The van der Waals surface area contributed by atoms with E-state index in [1.54, 1.807) is 13.0 Å². The zero-order valence-corrected chi connectivity index (χ0v) is 11.3. The normalized spacial score (nSPS) is 11.9. The van der Waals surface area contributed by atoms with Crippen LogP contribution in [0, 0.1) is 6.92 Å². The van der Waals surface area contributed by atoms with E-state index in [4.69, 9.17) is 5.11 Å². The summed E-state index contributed by atoms with van der Waals surface area (Å²) >= 11 is 1.39. The summed E-state index contributed by atoms with van der Waals surface area (Å²) in [6.45, 7) is 3.71. The van der Waals surface area contributed by atoms with Crippen LogP contribution < -0.4 is 10.6 Å². The summed E-state index contributed by atoms with van der Waals surface area (Å²) in [6, 6.07) is 3.51. The van der Waals surface area contributed by atoms with E-state index >= 15 is 0 Å². The Morgan fingerprint density at radius 1 is 1.44 bits per heavy atom. The SMILES string of the molecule is Cc1ccc(C(=O)NCC(=O)NC(C)CCO)s1. The van der Waals surface area contributed by atoms with Crippen LogP contribution in [-0.2, 0) is 4.79 Å². The Kier molecular flexibility index (Phi) is 5.80. The molecule has 1 aromatic heterocycles. The van der Waals surface area contributed by atoms with E-state index in [0.717, 1.165) is 4.88 Å². The highest BCUT2D eigenvalue weighted by atomic mass is 32.1. The molecule has 1 aromatic rings. The number of aliphatic hydroxyl groups is 1. The molecule has 0 bridgehead atoms. The van der Waals surface area contributed by atoms with Gasteiger partial charge >= 0.3 is 0 Å². The van der Waals surface area contributed by atoms with Gasteiger partial charge in [0.1, 0.15) is 0 Å². The number of aliphatic hydroxyl groups excluding tert-OH is 1. The van der Waals surface area contributed by atoms with Crippen LogP contribution in [0.3, 0.4) is 0 Å². The number of aryl methyl sites for hydroxylation is 1. The van der Waals surface area contributed by atoms with Gasteiger partial charge in [0, 0.05) is 17.5 Å². The number of rotatable bonds is 6. The topological polar surface area (TPSA) is 78.4 Å². The minimum atomic E-state index is -0.252. The number of thiophene rings is 1. The molecule has 100 valence electrons. The molecule has 3 N–H and O–H groups in total. The Hall–Kier alpha value is -1.40. The van der Waals surface area contributed by atoms with E-state index in [1.807, 2.05) is 13.0 Å². The maximum absolute atomic E-state index is 11.7. The molecule has 0 saturated heterocycles. The Bertz CT molecular complexity index is 417. The van der Waals surface area contributed by atoms with Gasteiger partial charge in [-0.25, -0.2) is 0 Å². The van der Waals surface area contributed by atoms with Crippen molar-refractivity contribution < 1.29 is 14.7 Å². The molecule has 1 atom stereocenters. The highest BCUT2D eigenvalue weighted by molar-refractivity contribution is 7.13. The van der Waals surface area contributed by atoms with E-state index in [-0.39, 0.29) is 31.0 Å². The fourth-order valence-electron chi connectivity index (χ4n) is 1.40. The van der Waals surface area contributed by atoms with Crippen molar-refractivity contribution >= 4 is 23.2 Å². The first-order valence-corrected chi connectivity index (χ1v) is 6.59. The number of amides is 2. The zero-order valence-electron chi connectivity index (χ0n) is 10.5. The lowest BCUT2D eigenvalue weighted by atomic mass is 10.2. The molecule has 1 rings (SSSR count). The molecule has 0 aromatic carbocycles. The van der Waals surface area contributed by atoms with Crippen LogP contribution in [0.2, 0.25) is 0 Å². The third kappa shape index (κ3) is 4.85. The van der Waals surface area contributed by atoms with Gasteiger partial charge in [-0.2, -0.15) is 0 Å². The summed E-state index contributed by atoms with van der Waals surface area (Å²) in [5.41, 5.74) is 0. The molecule has 0 radical (unpaired) electrons. The molecule has 0 aliphatic rings. The van der Waals surface area contributed by atoms with Crippen LogP contribution in [0.4, 0.5) is 0 Å². The summed E-state index contributed by atoms with van der Waals surface area (Å²) < 4.78 is 0. The smallest absolute Gasteiger partial charge is 0.261 e. The third-order valence-electron chi connectivity index (χ3n) is 2.34. The molecule has 0 saturated carbocycles. The van der Waals surface area contributed by atoms with Gasteiger partial charge in [-0.05, 0) is 32.4 Å². The number of carbonyl (C=O) groups is 2. The van der Waals surface area contributed by atoms with Crippen LogP contribution >= 0.6 is 11.3 Å². The van der Waals surface area contributed by atoms with Gasteiger partial charge in [-0.15, -0.1) is 11.3 Å². The van der Waals surface area contributed by atoms with Crippen molar-refractivity contribution in [2.45, 2.75) is 26.3 Å². The van der Waals surface area contributed by atoms with Crippen molar-refractivity contribution in [2.24, 2.45) is 0 Å². The van der Waals surface area contributed by atoms with Crippen molar-refractivity contribution in [1.29, 1.82) is 0 Å². The molecule has 18 heavy (non-hydrogen) atoms. The van der Waals surface area contributed by atoms with E-state index in [2.05, 4.69) is 10.6 Å². The predicted octanol–water partition coefficient (Wildman–Crippen LogP) is 0.673. The summed E-state index contributed by atoms with van der Waals surface area (Å²) in [7, 11) is 0. The van der Waals surface area contributed by atoms with Gasteiger partial charge in [0.05, 0.1) is 11.4 Å². The summed E-state index contributed by atoms with van der Waals surface area (Å²) in [4.78, 5) is 24.8. The first kappa shape index (κ1) is 14.7. The second-order valence-corrected chi connectivity index (χ2v) is 5.36. The first-order chi connectivity index (χ1) is 8.52. The second-order valence-electron chi connectivity index (χ2n) is 4.07. The van der Waals surface area contributed by atoms with Gasteiger partial charge in [-0.1, -0.05) is 0 Å². The van der Waals surface area contributed by atoms with E-state index < -0.39 is 0 Å². The molecule has 0 aliphatic carbocycles. The fourth-order valence-corrected chi connectivity index (χ4v) is 2.18. The maximum Gasteiger partial charge on any atom is 0.261 e. The summed E-state index contributed by atoms with van der Waals surface area (Å²) in [5.74, 6) is -0.490. The molecule has 0 fully saturated rings. The van der Waals surface area contributed by atoms with Crippen LogP contribution in [0.15, 0.2) is 12.1 Å². The van der Waals surface area contributed by atoms with Gasteiger partial charge in [0.2, 0.25) is 5.91 Å². The van der Waals surface area contributed by atoms with Crippen molar-refractivity contribution in [1.82, 2.24) is 10.6 Å². The second kappa shape index (κ2) is 7.13. The Morgan fingerprint density at radius 3 is 2.72 bits per heavy atom. The molecule has 2 amide bonds. The monoisotopic (exact) mass is 270 g/mol. The minimum absolute atomic E-state index is 0.0300. The molecule has 1 unspecified atom stereocenters. The standard InChI is InChI=1S/C12H18N2O3S/c1-8(5-6-15)14-11(16)7-13-12(17)10-4-3-9(2)18-10/h3-4,8,15H,5-7H2,1-2H3,(H,13,17)(H,14,16). The Balaban J connectivity index is 2.32. The van der Waals surface area contributed by atoms with Crippen molar-refractivity contribution in [2.75, 3.05) is 13.2 Å². The van der Waals surface area contributed by atoms with Crippen LogP contribution in [0.25, 0.3) is 0 Å². The third-order valence-corrected chi connectivity index (χ3v) is 3.34. The number of nitrogens with one attached hydrogen (secondary N) is 2. The number of hydrogen-bond acceptors (Lipinski definition) is 4. The zero-order chi connectivity index (χ0) is 13.5. The highest BCUT2D eigenvalue weighted by Gasteiger charge is 2.11. The van der Waals surface area contributed by atoms with Gasteiger partial charge in [-0.3, -0.25) is 9.59 Å². The lowest BCUT2D eigenvalue weighted by molar-refractivity contribution is -0.120. The first-order valence-electron chi connectivity index (χ1n) is 5.77. The maximum atomic E-state index is 11.7. The van der Waals surface area contributed by atoms with E-state index in [0.29, 0.717) is 11.3 Å². The van der Waals surface area contributed by atoms with Crippen molar-refractivity contribution in [3.8, 4) is 0 Å². The quantitative estimate of drug-likeness (QED) is 0.711. The average molecular weight is 270 g/mol. The number of carbonyl (C=O) groups excluding carboxylic acids is 2. The van der Waals surface area contributed by atoms with Crippen LogP contribution in [-0.4, -0.2) is 36.1 Å². The molecule has 0 aliphatic heterocycles.